The fourth-order valence-corrected chi connectivity index (χ4v) is 7.09. The zero-order valence-electron chi connectivity index (χ0n) is 22.7. The van der Waals surface area contributed by atoms with Crippen LogP contribution in [-0.4, -0.2) is 68.0 Å². The van der Waals surface area contributed by atoms with Crippen molar-refractivity contribution in [2.45, 2.75) is 30.2 Å². The van der Waals surface area contributed by atoms with Gasteiger partial charge in [0.1, 0.15) is 0 Å². The van der Waals surface area contributed by atoms with Crippen molar-refractivity contribution in [3.05, 3.63) is 83.9 Å². The molecule has 4 rings (SSSR count). The van der Waals surface area contributed by atoms with Crippen LogP contribution in [0.2, 0.25) is 0 Å². The van der Waals surface area contributed by atoms with Crippen LogP contribution in [0.15, 0.2) is 82.6 Å². The van der Waals surface area contributed by atoms with Gasteiger partial charge in [0.2, 0.25) is 10.0 Å². The highest BCUT2D eigenvalue weighted by Crippen LogP contribution is 2.34. The highest BCUT2D eigenvalue weighted by atomic mass is 32.2. The molecule has 1 aromatic heterocycles. The predicted molar refractivity (Wildman–Crippen MR) is 162 cm³/mol. The van der Waals surface area contributed by atoms with Crippen molar-refractivity contribution in [2.75, 3.05) is 44.4 Å². The lowest BCUT2D eigenvalue weighted by Crippen LogP contribution is -2.38. The van der Waals surface area contributed by atoms with Crippen LogP contribution in [0.1, 0.15) is 29.8 Å². The zero-order valence-corrected chi connectivity index (χ0v) is 25.2. The van der Waals surface area contributed by atoms with Gasteiger partial charge in [-0.25, -0.2) is 13.4 Å². The summed E-state index contributed by atoms with van der Waals surface area (Å²) >= 11 is 3.13. The van der Waals surface area contributed by atoms with Crippen molar-refractivity contribution in [1.29, 1.82) is 0 Å². The van der Waals surface area contributed by atoms with Gasteiger partial charge in [-0.3, -0.25) is 9.69 Å². The molecule has 206 valence electrons. The minimum absolute atomic E-state index is 0.150. The molecule has 3 aromatic carbocycles. The molecule has 0 bridgehead atoms. The molecular weight excluding hydrogens is 549 g/mol. The van der Waals surface area contributed by atoms with Crippen molar-refractivity contribution in [3.63, 3.8) is 0 Å². The zero-order chi connectivity index (χ0) is 28.0. The molecule has 0 aliphatic rings. The smallest absolute Gasteiger partial charge is 0.260 e. The number of hydrogen-bond acceptors (Lipinski definition) is 7. The second-order valence-electron chi connectivity index (χ2n) is 9.06. The molecule has 0 N–H and O–H groups in total. The number of carbonyl (C=O) groups is 1. The first-order valence-corrected chi connectivity index (χ1v) is 16.3. The fourth-order valence-electron chi connectivity index (χ4n) is 4.29. The van der Waals surface area contributed by atoms with E-state index >= 15 is 0 Å². The van der Waals surface area contributed by atoms with Crippen molar-refractivity contribution in [2.24, 2.45) is 0 Å². The SMILES string of the molecule is CCN(CC)CCN(C(=O)c1ccc(S(=O)(=O)N(C)Cc2ccccc2)cc1)c1nc2c(SC)cccc2s1. The molecule has 0 atom stereocenters. The number of rotatable bonds is 12. The molecule has 4 aromatic rings. The van der Waals surface area contributed by atoms with Crippen molar-refractivity contribution in [3.8, 4) is 0 Å². The van der Waals surface area contributed by atoms with E-state index in [1.165, 1.54) is 27.8 Å². The van der Waals surface area contributed by atoms with Gasteiger partial charge >= 0.3 is 0 Å². The number of sulfonamides is 1. The summed E-state index contributed by atoms with van der Waals surface area (Å²) in [7, 11) is -2.15. The van der Waals surface area contributed by atoms with Crippen LogP contribution >= 0.6 is 23.1 Å². The van der Waals surface area contributed by atoms with Gasteiger partial charge in [0, 0.05) is 37.1 Å². The van der Waals surface area contributed by atoms with E-state index in [1.54, 1.807) is 35.8 Å². The number of hydrogen-bond donors (Lipinski definition) is 0. The van der Waals surface area contributed by atoms with Crippen LogP contribution in [0, 0.1) is 0 Å². The maximum Gasteiger partial charge on any atom is 0.260 e. The molecule has 0 spiro atoms. The van der Waals surface area contributed by atoms with E-state index in [9.17, 15) is 13.2 Å². The van der Waals surface area contributed by atoms with Crippen molar-refractivity contribution in [1.82, 2.24) is 14.2 Å². The average Bonchev–Trinajstić information content (AvgIpc) is 3.40. The number of carbonyl (C=O) groups excluding carboxylic acids is 1. The van der Waals surface area contributed by atoms with Crippen LogP contribution in [-0.2, 0) is 16.6 Å². The van der Waals surface area contributed by atoms with Crippen molar-refractivity contribution < 1.29 is 13.2 Å². The third-order valence-corrected chi connectivity index (χ3v) is 10.3. The van der Waals surface area contributed by atoms with Crippen LogP contribution in [0.4, 0.5) is 5.13 Å². The number of aromatic nitrogens is 1. The predicted octanol–water partition coefficient (Wildman–Crippen LogP) is 5.83. The molecule has 0 aliphatic carbocycles. The summed E-state index contributed by atoms with van der Waals surface area (Å²) in [4.78, 5) is 23.9. The summed E-state index contributed by atoms with van der Waals surface area (Å²) in [5.41, 5.74) is 2.22. The molecule has 0 fully saturated rings. The fraction of sp³-hybridized carbons (Fsp3) is 0.310. The van der Waals surface area contributed by atoms with E-state index in [0.717, 1.165) is 33.8 Å². The number of thioether (sulfide) groups is 1. The molecule has 1 heterocycles. The van der Waals surface area contributed by atoms with Gasteiger partial charge in [-0.1, -0.05) is 61.6 Å². The maximum atomic E-state index is 13.8. The number of fused-ring (bicyclic) bond motifs is 1. The van der Waals surface area contributed by atoms with E-state index in [4.69, 9.17) is 4.98 Å². The number of thiazole rings is 1. The van der Waals surface area contributed by atoms with Gasteiger partial charge in [-0.05, 0) is 61.3 Å². The summed E-state index contributed by atoms with van der Waals surface area (Å²) in [6.45, 7) is 7.43. The molecule has 39 heavy (non-hydrogen) atoms. The lowest BCUT2D eigenvalue weighted by Gasteiger charge is -2.25. The van der Waals surface area contributed by atoms with Crippen LogP contribution < -0.4 is 4.90 Å². The first-order valence-electron chi connectivity index (χ1n) is 12.9. The Morgan fingerprint density at radius 1 is 0.923 bits per heavy atom. The van der Waals surface area contributed by atoms with Gasteiger partial charge in [-0.15, -0.1) is 11.8 Å². The molecule has 7 nitrogen and oxygen atoms in total. The number of anilines is 1. The summed E-state index contributed by atoms with van der Waals surface area (Å²) in [5, 5.41) is 0.642. The van der Waals surface area contributed by atoms with Gasteiger partial charge in [0.25, 0.3) is 5.91 Å². The molecule has 0 unspecified atom stereocenters. The number of nitrogens with zero attached hydrogens (tertiary/aromatic N) is 4. The number of amides is 1. The Kier molecular flexibility index (Phi) is 9.79. The highest BCUT2D eigenvalue weighted by molar-refractivity contribution is 7.98. The Bertz CT molecular complexity index is 1500. The number of likely N-dealkylation sites (N-methyl/N-ethyl adjacent to an activating group) is 1. The van der Waals surface area contributed by atoms with Crippen LogP contribution in [0.5, 0.6) is 0 Å². The normalized spacial score (nSPS) is 11.9. The Morgan fingerprint density at radius 2 is 1.62 bits per heavy atom. The Balaban J connectivity index is 1.61. The third-order valence-electron chi connectivity index (χ3n) is 6.66. The van der Waals surface area contributed by atoms with Gasteiger partial charge in [-0.2, -0.15) is 4.31 Å². The first-order chi connectivity index (χ1) is 18.8. The second-order valence-corrected chi connectivity index (χ2v) is 13.0. The number of benzene rings is 3. The molecule has 0 saturated heterocycles. The summed E-state index contributed by atoms with van der Waals surface area (Å²) < 4.78 is 28.7. The topological polar surface area (TPSA) is 73.8 Å². The maximum absolute atomic E-state index is 13.8. The van der Waals surface area contributed by atoms with E-state index in [2.05, 4.69) is 18.7 Å². The van der Waals surface area contributed by atoms with Crippen LogP contribution in [0.3, 0.4) is 0 Å². The molecule has 0 saturated carbocycles. The standard InChI is InChI=1S/C29H34N4O3S3/c1-5-32(6-2)19-20-33(29-30-27-25(37-4)13-10-14-26(27)38-29)28(34)23-15-17-24(18-16-23)39(35,36)31(3)21-22-11-8-7-9-12-22/h7-18H,5-6,19-21H2,1-4H3. The average molecular weight is 583 g/mol. The lowest BCUT2D eigenvalue weighted by atomic mass is 10.2. The van der Waals surface area contributed by atoms with E-state index in [0.29, 0.717) is 23.8 Å². The van der Waals surface area contributed by atoms with Gasteiger partial charge in [0.15, 0.2) is 5.13 Å². The highest BCUT2D eigenvalue weighted by Gasteiger charge is 2.25. The van der Waals surface area contributed by atoms with Gasteiger partial charge in [0.05, 0.1) is 15.1 Å². The molecule has 10 heteroatoms. The monoisotopic (exact) mass is 582 g/mol. The molecule has 0 aliphatic heterocycles. The Morgan fingerprint density at radius 3 is 2.26 bits per heavy atom. The molecular formula is C29H34N4O3S3. The summed E-state index contributed by atoms with van der Waals surface area (Å²) in [6, 6.07) is 21.7. The van der Waals surface area contributed by atoms with E-state index in [1.807, 2.05) is 54.8 Å². The van der Waals surface area contributed by atoms with Crippen molar-refractivity contribution >= 4 is 54.4 Å². The largest absolute Gasteiger partial charge is 0.302 e. The number of para-hydroxylation sites is 1. The second kappa shape index (κ2) is 13.1. The molecule has 1 amide bonds. The summed E-state index contributed by atoms with van der Waals surface area (Å²) in [5.74, 6) is -0.200. The quantitative estimate of drug-likeness (QED) is 0.196. The first kappa shape index (κ1) is 29.2. The summed E-state index contributed by atoms with van der Waals surface area (Å²) in [6.07, 6.45) is 2.02. The van der Waals surface area contributed by atoms with E-state index < -0.39 is 10.0 Å². The van der Waals surface area contributed by atoms with E-state index in [-0.39, 0.29) is 17.3 Å². The Labute approximate surface area is 239 Å². The van der Waals surface area contributed by atoms with Gasteiger partial charge < -0.3 is 4.90 Å². The third kappa shape index (κ3) is 6.70. The Hall–Kier alpha value is -2.76. The minimum atomic E-state index is -3.72. The molecule has 0 radical (unpaired) electrons. The lowest BCUT2D eigenvalue weighted by molar-refractivity contribution is 0.0983. The minimum Gasteiger partial charge on any atom is -0.302 e. The van der Waals surface area contributed by atoms with Crippen LogP contribution in [0.25, 0.3) is 10.2 Å².